The minimum atomic E-state index is -0.660. The van der Waals surface area contributed by atoms with Crippen molar-refractivity contribution in [2.24, 2.45) is 16.3 Å². The summed E-state index contributed by atoms with van der Waals surface area (Å²) in [5, 5.41) is 31.6. The monoisotopic (exact) mass is 427 g/mol. The summed E-state index contributed by atoms with van der Waals surface area (Å²) in [7, 11) is 0. The number of fused-ring (bicyclic) bond motifs is 1. The normalized spacial score (nSPS) is 16.3. The first-order chi connectivity index (χ1) is 14.2. The van der Waals surface area contributed by atoms with E-state index in [4.69, 9.17) is 4.74 Å². The van der Waals surface area contributed by atoms with E-state index in [1.165, 1.54) is 34.6 Å². The highest BCUT2D eigenvalue weighted by molar-refractivity contribution is 7.16. The van der Waals surface area contributed by atoms with Crippen molar-refractivity contribution >= 4 is 28.2 Å². The summed E-state index contributed by atoms with van der Waals surface area (Å²) in [5.74, 6) is 0.0872. The van der Waals surface area contributed by atoms with Crippen LogP contribution in [0.4, 0.5) is 10.7 Å². The van der Waals surface area contributed by atoms with E-state index in [1.807, 2.05) is 0 Å². The van der Waals surface area contributed by atoms with Crippen molar-refractivity contribution in [3.63, 3.8) is 0 Å². The van der Waals surface area contributed by atoms with Gasteiger partial charge in [-0.2, -0.15) is 5.26 Å². The molecule has 0 aliphatic heterocycles. The van der Waals surface area contributed by atoms with Crippen molar-refractivity contribution in [2.75, 3.05) is 6.61 Å². The van der Waals surface area contributed by atoms with Crippen LogP contribution in [0.5, 0.6) is 11.5 Å². The Morgan fingerprint density at radius 3 is 2.80 bits per heavy atom. The van der Waals surface area contributed by atoms with Crippen LogP contribution >= 0.6 is 11.3 Å². The number of ether oxygens (including phenoxy) is 1. The Bertz CT molecular complexity index is 1040. The standard InChI is InChI=1S/C22H25N3O4S/c1-5-29-18-9-13(8-17(20(18)26)25(27)28)12-24-21-16(11-23)15-7-6-14(22(2,3)4)10-19(15)30-21/h8-9,12,14,26H,5-7,10H2,1-4H3/t14-/m0/s1. The van der Waals surface area contributed by atoms with Crippen LogP contribution in [0.1, 0.15) is 55.7 Å². The van der Waals surface area contributed by atoms with E-state index >= 15 is 0 Å². The molecule has 2 aromatic rings. The van der Waals surface area contributed by atoms with Crippen LogP contribution in [0.15, 0.2) is 17.1 Å². The number of hydrogen-bond donors (Lipinski definition) is 1. The molecule has 30 heavy (non-hydrogen) atoms. The quantitative estimate of drug-likeness (QED) is 0.383. The number of nitriles is 1. The molecule has 8 heteroatoms. The second-order valence-electron chi connectivity index (χ2n) is 8.44. The maximum absolute atomic E-state index is 11.3. The number of hydrogen-bond acceptors (Lipinski definition) is 7. The van der Waals surface area contributed by atoms with Gasteiger partial charge in [-0.3, -0.25) is 10.1 Å². The molecule has 1 aromatic heterocycles. The number of aromatic hydroxyl groups is 1. The van der Waals surface area contributed by atoms with Crippen molar-refractivity contribution in [3.8, 4) is 17.6 Å². The van der Waals surface area contributed by atoms with Gasteiger partial charge >= 0.3 is 5.69 Å². The van der Waals surface area contributed by atoms with Gasteiger partial charge in [0.2, 0.25) is 5.75 Å². The van der Waals surface area contributed by atoms with Gasteiger partial charge in [-0.25, -0.2) is 4.99 Å². The molecule has 1 N–H and O–H groups in total. The number of benzene rings is 1. The van der Waals surface area contributed by atoms with Gasteiger partial charge in [-0.05, 0) is 49.1 Å². The van der Waals surface area contributed by atoms with Gasteiger partial charge in [0, 0.05) is 22.7 Å². The highest BCUT2D eigenvalue weighted by Gasteiger charge is 2.32. The molecular formula is C22H25N3O4S. The van der Waals surface area contributed by atoms with Crippen molar-refractivity contribution in [1.29, 1.82) is 5.26 Å². The maximum Gasteiger partial charge on any atom is 0.315 e. The molecule has 1 aliphatic rings. The summed E-state index contributed by atoms with van der Waals surface area (Å²) in [6.45, 7) is 8.72. The van der Waals surface area contributed by atoms with Crippen molar-refractivity contribution in [2.45, 2.75) is 47.0 Å². The summed E-state index contributed by atoms with van der Waals surface area (Å²) < 4.78 is 5.31. The molecule has 0 unspecified atom stereocenters. The van der Waals surface area contributed by atoms with Crippen LogP contribution in [-0.4, -0.2) is 22.9 Å². The second kappa shape index (κ2) is 8.44. The van der Waals surface area contributed by atoms with Gasteiger partial charge in [-0.1, -0.05) is 20.8 Å². The van der Waals surface area contributed by atoms with E-state index in [2.05, 4.69) is 31.8 Å². The Balaban J connectivity index is 1.97. The lowest BCUT2D eigenvalue weighted by Gasteiger charge is -2.33. The van der Waals surface area contributed by atoms with E-state index in [1.54, 1.807) is 6.92 Å². The molecule has 0 spiro atoms. The summed E-state index contributed by atoms with van der Waals surface area (Å²) in [4.78, 5) is 16.3. The van der Waals surface area contributed by atoms with Crippen LogP contribution in [0.3, 0.4) is 0 Å². The van der Waals surface area contributed by atoms with E-state index in [0.717, 1.165) is 24.8 Å². The van der Waals surface area contributed by atoms with E-state index in [9.17, 15) is 20.5 Å². The number of aliphatic imine (C=N–C) groups is 1. The molecule has 3 rings (SSSR count). The van der Waals surface area contributed by atoms with Gasteiger partial charge in [-0.15, -0.1) is 11.3 Å². The largest absolute Gasteiger partial charge is 0.500 e. The Morgan fingerprint density at radius 2 is 2.20 bits per heavy atom. The fourth-order valence-electron chi connectivity index (χ4n) is 3.74. The molecule has 0 saturated heterocycles. The van der Waals surface area contributed by atoms with Crippen LogP contribution < -0.4 is 4.74 Å². The van der Waals surface area contributed by atoms with E-state index in [0.29, 0.717) is 22.0 Å². The van der Waals surface area contributed by atoms with Crippen LogP contribution in [0, 0.1) is 32.8 Å². The van der Waals surface area contributed by atoms with Crippen molar-refractivity contribution in [1.82, 2.24) is 0 Å². The van der Waals surface area contributed by atoms with Crippen LogP contribution in [-0.2, 0) is 12.8 Å². The molecule has 1 aromatic carbocycles. The first kappa shape index (κ1) is 21.8. The van der Waals surface area contributed by atoms with E-state index < -0.39 is 16.4 Å². The summed E-state index contributed by atoms with van der Waals surface area (Å²) in [6, 6.07) is 5.04. The van der Waals surface area contributed by atoms with Crippen molar-refractivity contribution in [3.05, 3.63) is 43.8 Å². The number of rotatable bonds is 5. The van der Waals surface area contributed by atoms with Gasteiger partial charge in [0.1, 0.15) is 11.1 Å². The number of nitro groups is 1. The van der Waals surface area contributed by atoms with Crippen LogP contribution in [0.25, 0.3) is 0 Å². The van der Waals surface area contributed by atoms with Gasteiger partial charge in [0.05, 0.1) is 17.1 Å². The zero-order valence-corrected chi connectivity index (χ0v) is 18.4. The predicted octanol–water partition coefficient (Wildman–Crippen LogP) is 5.53. The molecule has 0 amide bonds. The number of nitrogens with zero attached hydrogens (tertiary/aromatic N) is 3. The third kappa shape index (κ3) is 4.31. The van der Waals surface area contributed by atoms with Gasteiger partial charge < -0.3 is 9.84 Å². The summed E-state index contributed by atoms with van der Waals surface area (Å²) in [6.07, 6.45) is 4.33. The topological polar surface area (TPSA) is 109 Å². The zero-order valence-electron chi connectivity index (χ0n) is 17.6. The molecule has 0 bridgehead atoms. The fourth-order valence-corrected chi connectivity index (χ4v) is 4.96. The molecule has 0 saturated carbocycles. The number of phenolic OH excluding ortho intramolecular Hbond substituents is 1. The third-order valence-corrected chi connectivity index (χ3v) is 6.65. The highest BCUT2D eigenvalue weighted by atomic mass is 32.1. The second-order valence-corrected chi connectivity index (χ2v) is 9.52. The lowest BCUT2D eigenvalue weighted by Crippen LogP contribution is -2.26. The van der Waals surface area contributed by atoms with Gasteiger partial charge in [0.25, 0.3) is 0 Å². The fraction of sp³-hybridized carbons (Fsp3) is 0.455. The Morgan fingerprint density at radius 1 is 1.47 bits per heavy atom. The number of phenols is 1. The first-order valence-electron chi connectivity index (χ1n) is 9.88. The number of nitro benzene ring substituents is 1. The molecule has 0 radical (unpaired) electrons. The Kier molecular flexibility index (Phi) is 6.13. The third-order valence-electron chi connectivity index (χ3n) is 5.49. The maximum atomic E-state index is 11.3. The zero-order chi connectivity index (χ0) is 22.1. The molecule has 1 atom stereocenters. The minimum Gasteiger partial charge on any atom is -0.500 e. The summed E-state index contributed by atoms with van der Waals surface area (Å²) >= 11 is 1.52. The minimum absolute atomic E-state index is 0.0344. The number of thiophene rings is 1. The molecule has 7 nitrogen and oxygen atoms in total. The smallest absolute Gasteiger partial charge is 0.315 e. The first-order valence-corrected chi connectivity index (χ1v) is 10.7. The molecular weight excluding hydrogens is 402 g/mol. The molecule has 1 heterocycles. The SMILES string of the molecule is CCOc1cc(C=Nc2sc3c(c2C#N)CC[C@H](C(C)(C)C)C3)cc([N+](=O)[O-])c1O. The van der Waals surface area contributed by atoms with Crippen LogP contribution in [0.2, 0.25) is 0 Å². The molecule has 0 fully saturated rings. The van der Waals surface area contributed by atoms with Crippen molar-refractivity contribution < 1.29 is 14.8 Å². The lowest BCUT2D eigenvalue weighted by molar-refractivity contribution is -0.386. The summed E-state index contributed by atoms with van der Waals surface area (Å²) in [5.41, 5.74) is 1.87. The van der Waals surface area contributed by atoms with Gasteiger partial charge in [0.15, 0.2) is 5.75 Å². The molecule has 1 aliphatic carbocycles. The van der Waals surface area contributed by atoms with E-state index in [-0.39, 0.29) is 17.8 Å². The average Bonchev–Trinajstić information content (AvgIpc) is 3.04. The Labute approximate surface area is 179 Å². The average molecular weight is 428 g/mol. The molecule has 158 valence electrons. The Hall–Kier alpha value is -2.92. The highest BCUT2D eigenvalue weighted by Crippen LogP contribution is 2.45. The lowest BCUT2D eigenvalue weighted by atomic mass is 9.72. The predicted molar refractivity (Wildman–Crippen MR) is 117 cm³/mol.